The standard InChI is InChI=1S/C17H19FN2O3/c1-21-17(8-9-22-11-17)15-20-19-14(23-15)16(6-7-16)10-12-4-2-3-5-13(12)18/h2-5H,6-11H2,1H3. The summed E-state index contributed by atoms with van der Waals surface area (Å²) in [6.07, 6.45) is 3.14. The van der Waals surface area contributed by atoms with E-state index in [9.17, 15) is 4.39 Å². The molecule has 5 nitrogen and oxygen atoms in total. The predicted octanol–water partition coefficient (Wildman–Crippen LogP) is 2.75. The number of ether oxygens (including phenoxy) is 2. The van der Waals surface area contributed by atoms with Gasteiger partial charge in [-0.1, -0.05) is 18.2 Å². The molecule has 1 unspecified atom stereocenters. The van der Waals surface area contributed by atoms with Crippen molar-refractivity contribution in [2.75, 3.05) is 20.3 Å². The SMILES string of the molecule is COC1(c2nnc(C3(Cc4ccccc4F)CC3)o2)CCOC1. The minimum Gasteiger partial charge on any atom is -0.421 e. The molecule has 1 aliphatic heterocycles. The van der Waals surface area contributed by atoms with Gasteiger partial charge >= 0.3 is 0 Å². The van der Waals surface area contributed by atoms with Crippen molar-refractivity contribution in [2.45, 2.75) is 36.7 Å². The van der Waals surface area contributed by atoms with Crippen molar-refractivity contribution in [1.29, 1.82) is 0 Å². The van der Waals surface area contributed by atoms with Crippen molar-refractivity contribution in [3.63, 3.8) is 0 Å². The minimum absolute atomic E-state index is 0.184. The fourth-order valence-electron chi connectivity index (χ4n) is 3.21. The maximum absolute atomic E-state index is 13.9. The highest BCUT2D eigenvalue weighted by Gasteiger charge is 2.51. The van der Waals surface area contributed by atoms with Gasteiger partial charge < -0.3 is 13.9 Å². The quantitative estimate of drug-likeness (QED) is 0.848. The van der Waals surface area contributed by atoms with Crippen LogP contribution in [-0.4, -0.2) is 30.5 Å². The molecule has 1 aromatic heterocycles. The Bertz CT molecular complexity index is 705. The van der Waals surface area contributed by atoms with Crippen LogP contribution in [0.5, 0.6) is 0 Å². The van der Waals surface area contributed by atoms with Crippen molar-refractivity contribution in [3.8, 4) is 0 Å². The zero-order valence-electron chi connectivity index (χ0n) is 13.0. The number of benzene rings is 1. The largest absolute Gasteiger partial charge is 0.421 e. The van der Waals surface area contributed by atoms with E-state index in [-0.39, 0.29) is 11.2 Å². The van der Waals surface area contributed by atoms with E-state index in [0.29, 0.717) is 43.4 Å². The average Bonchev–Trinajstić information content (AvgIpc) is 3.01. The summed E-state index contributed by atoms with van der Waals surface area (Å²) in [6, 6.07) is 6.85. The lowest BCUT2D eigenvalue weighted by Crippen LogP contribution is -2.29. The molecule has 1 atom stereocenters. The second-order valence-electron chi connectivity index (χ2n) is 6.46. The van der Waals surface area contributed by atoms with Crippen LogP contribution < -0.4 is 0 Å². The van der Waals surface area contributed by atoms with Gasteiger partial charge in [0.2, 0.25) is 5.89 Å². The molecule has 6 heteroatoms. The van der Waals surface area contributed by atoms with Crippen LogP contribution in [-0.2, 0) is 26.9 Å². The lowest BCUT2D eigenvalue weighted by Gasteiger charge is -2.20. The molecule has 2 fully saturated rings. The number of hydrogen-bond donors (Lipinski definition) is 0. The van der Waals surface area contributed by atoms with Crippen LogP contribution in [0.3, 0.4) is 0 Å². The highest BCUT2D eigenvalue weighted by molar-refractivity contribution is 5.26. The van der Waals surface area contributed by atoms with Crippen molar-refractivity contribution in [3.05, 3.63) is 47.4 Å². The fraction of sp³-hybridized carbons (Fsp3) is 0.529. The summed E-state index contributed by atoms with van der Waals surface area (Å²) in [5.41, 5.74) is -0.184. The Balaban J connectivity index is 1.60. The van der Waals surface area contributed by atoms with Gasteiger partial charge in [-0.3, -0.25) is 0 Å². The summed E-state index contributed by atoms with van der Waals surface area (Å²) >= 11 is 0. The van der Waals surface area contributed by atoms with Gasteiger partial charge in [0.1, 0.15) is 5.82 Å². The van der Waals surface area contributed by atoms with Crippen LogP contribution in [0.2, 0.25) is 0 Å². The summed E-state index contributed by atoms with van der Waals surface area (Å²) in [4.78, 5) is 0. The number of aromatic nitrogens is 2. The van der Waals surface area contributed by atoms with Gasteiger partial charge in [-0.05, 0) is 30.9 Å². The lowest BCUT2D eigenvalue weighted by molar-refractivity contribution is -0.0419. The smallest absolute Gasteiger partial charge is 0.250 e. The molecule has 0 radical (unpaired) electrons. The third-order valence-corrected chi connectivity index (χ3v) is 4.98. The molecule has 2 aliphatic rings. The topological polar surface area (TPSA) is 57.4 Å². The van der Waals surface area contributed by atoms with Crippen LogP contribution in [0.4, 0.5) is 4.39 Å². The number of rotatable bonds is 5. The summed E-state index contributed by atoms with van der Waals surface area (Å²) in [7, 11) is 1.63. The second-order valence-corrected chi connectivity index (χ2v) is 6.46. The fourth-order valence-corrected chi connectivity index (χ4v) is 3.21. The third kappa shape index (κ3) is 2.46. The van der Waals surface area contributed by atoms with Gasteiger partial charge in [0.25, 0.3) is 5.89 Å². The molecule has 0 N–H and O–H groups in total. The van der Waals surface area contributed by atoms with Crippen molar-refractivity contribution < 1.29 is 18.3 Å². The van der Waals surface area contributed by atoms with Crippen LogP contribution in [0.15, 0.2) is 28.7 Å². The zero-order chi connectivity index (χ0) is 15.9. The first kappa shape index (κ1) is 14.8. The van der Waals surface area contributed by atoms with E-state index >= 15 is 0 Å². The second kappa shape index (κ2) is 5.39. The van der Waals surface area contributed by atoms with Crippen LogP contribution in [0, 0.1) is 5.82 Å². The molecule has 0 amide bonds. The molecule has 2 aromatic rings. The molecular weight excluding hydrogens is 299 g/mol. The predicted molar refractivity (Wildman–Crippen MR) is 79.4 cm³/mol. The van der Waals surface area contributed by atoms with Gasteiger partial charge in [-0.25, -0.2) is 4.39 Å². The van der Waals surface area contributed by atoms with Crippen LogP contribution in [0.25, 0.3) is 0 Å². The Morgan fingerprint density at radius 3 is 2.61 bits per heavy atom. The number of hydrogen-bond acceptors (Lipinski definition) is 5. The molecule has 23 heavy (non-hydrogen) atoms. The van der Waals surface area contributed by atoms with Crippen LogP contribution >= 0.6 is 0 Å². The molecule has 122 valence electrons. The number of halogens is 1. The van der Waals surface area contributed by atoms with E-state index in [1.165, 1.54) is 6.07 Å². The number of nitrogens with zero attached hydrogens (tertiary/aromatic N) is 2. The maximum Gasteiger partial charge on any atom is 0.250 e. The summed E-state index contributed by atoms with van der Waals surface area (Å²) < 4.78 is 30.9. The van der Waals surface area contributed by atoms with E-state index in [1.807, 2.05) is 12.1 Å². The summed E-state index contributed by atoms with van der Waals surface area (Å²) in [5, 5.41) is 8.44. The summed E-state index contributed by atoms with van der Waals surface area (Å²) in [6.45, 7) is 1.04. The molecule has 1 saturated heterocycles. The van der Waals surface area contributed by atoms with Gasteiger partial charge in [-0.15, -0.1) is 10.2 Å². The molecule has 1 saturated carbocycles. The first-order chi connectivity index (χ1) is 11.2. The van der Waals surface area contributed by atoms with E-state index in [0.717, 1.165) is 12.8 Å². The number of methoxy groups -OCH3 is 1. The molecule has 0 bridgehead atoms. The Labute approximate surface area is 133 Å². The summed E-state index contributed by atoms with van der Waals surface area (Å²) in [5.74, 6) is 0.863. The van der Waals surface area contributed by atoms with Crippen molar-refractivity contribution >= 4 is 0 Å². The molecular formula is C17H19FN2O3. The van der Waals surface area contributed by atoms with Crippen LogP contribution in [0.1, 0.15) is 36.6 Å². The van der Waals surface area contributed by atoms with Gasteiger partial charge in [0, 0.05) is 13.5 Å². The zero-order valence-corrected chi connectivity index (χ0v) is 13.0. The molecule has 4 rings (SSSR count). The van der Waals surface area contributed by atoms with Crippen molar-refractivity contribution in [2.24, 2.45) is 0 Å². The van der Waals surface area contributed by atoms with E-state index < -0.39 is 5.60 Å². The maximum atomic E-state index is 13.9. The minimum atomic E-state index is -0.640. The van der Waals surface area contributed by atoms with Gasteiger partial charge in [0.15, 0.2) is 5.60 Å². The van der Waals surface area contributed by atoms with E-state index in [4.69, 9.17) is 13.9 Å². The normalized spacial score (nSPS) is 25.7. The monoisotopic (exact) mass is 318 g/mol. The Morgan fingerprint density at radius 2 is 1.96 bits per heavy atom. The van der Waals surface area contributed by atoms with Gasteiger partial charge in [0.05, 0.1) is 18.6 Å². The highest BCUT2D eigenvalue weighted by atomic mass is 19.1. The molecule has 1 aliphatic carbocycles. The van der Waals surface area contributed by atoms with E-state index in [2.05, 4.69) is 10.2 Å². The average molecular weight is 318 g/mol. The Morgan fingerprint density at radius 1 is 1.17 bits per heavy atom. The Hall–Kier alpha value is -1.79. The Kier molecular flexibility index (Phi) is 3.46. The van der Waals surface area contributed by atoms with E-state index in [1.54, 1.807) is 13.2 Å². The first-order valence-electron chi connectivity index (χ1n) is 7.88. The third-order valence-electron chi connectivity index (χ3n) is 4.98. The van der Waals surface area contributed by atoms with Crippen molar-refractivity contribution in [1.82, 2.24) is 10.2 Å². The highest BCUT2D eigenvalue weighted by Crippen LogP contribution is 2.51. The lowest BCUT2D eigenvalue weighted by atomic mass is 9.96. The molecule has 0 spiro atoms. The molecule has 1 aromatic carbocycles. The first-order valence-corrected chi connectivity index (χ1v) is 7.88. The van der Waals surface area contributed by atoms with Gasteiger partial charge in [-0.2, -0.15) is 0 Å². The molecule has 2 heterocycles.